The highest BCUT2D eigenvalue weighted by atomic mass is 32.2. The van der Waals surface area contributed by atoms with Crippen molar-refractivity contribution in [1.29, 1.82) is 0 Å². The highest BCUT2D eigenvalue weighted by Crippen LogP contribution is 2.36. The van der Waals surface area contributed by atoms with Crippen LogP contribution in [0.1, 0.15) is 20.3 Å². The summed E-state index contributed by atoms with van der Waals surface area (Å²) in [6.07, 6.45) is 0.994. The fourth-order valence-corrected chi connectivity index (χ4v) is 7.26. The average Bonchev–Trinajstić information content (AvgIpc) is 2.90. The number of amides is 2. The Labute approximate surface area is 218 Å². The van der Waals surface area contributed by atoms with Crippen molar-refractivity contribution in [2.45, 2.75) is 25.2 Å². The lowest BCUT2D eigenvalue weighted by Gasteiger charge is -2.37. The molecule has 0 aliphatic carbocycles. The summed E-state index contributed by atoms with van der Waals surface area (Å²) in [5, 5.41) is 0. The van der Waals surface area contributed by atoms with Gasteiger partial charge in [0.15, 0.2) is 6.61 Å². The Morgan fingerprint density at radius 3 is 2.32 bits per heavy atom. The highest BCUT2D eigenvalue weighted by Gasteiger charge is 2.35. The van der Waals surface area contributed by atoms with E-state index in [0.717, 1.165) is 12.1 Å². The van der Waals surface area contributed by atoms with E-state index >= 15 is 0 Å². The van der Waals surface area contributed by atoms with Crippen molar-refractivity contribution in [2.24, 2.45) is 11.8 Å². The van der Waals surface area contributed by atoms with Crippen LogP contribution < -0.4 is 14.5 Å². The normalized spacial score (nSPS) is 23.0. The Morgan fingerprint density at radius 1 is 0.973 bits per heavy atom. The van der Waals surface area contributed by atoms with Crippen molar-refractivity contribution < 1.29 is 22.7 Å². The van der Waals surface area contributed by atoms with Crippen LogP contribution in [0.25, 0.3) is 0 Å². The maximum atomic E-state index is 13.5. The molecule has 3 aliphatic heterocycles. The van der Waals surface area contributed by atoms with Gasteiger partial charge in [0.2, 0.25) is 15.9 Å². The first kappa shape index (κ1) is 25.5. The molecule has 0 unspecified atom stereocenters. The molecule has 37 heavy (non-hydrogen) atoms. The van der Waals surface area contributed by atoms with E-state index in [2.05, 4.69) is 30.9 Å². The SMILES string of the molecule is C[C@H]1C[C@H](C)CN(S(=O)(=O)c2ccc3c(c2)N(CC(=O)N2CCN(c4ccccc4)CC2)C(=O)CO3)C1. The van der Waals surface area contributed by atoms with E-state index in [9.17, 15) is 18.0 Å². The van der Waals surface area contributed by atoms with Gasteiger partial charge in [0.1, 0.15) is 12.3 Å². The predicted molar refractivity (Wildman–Crippen MR) is 141 cm³/mol. The minimum atomic E-state index is -3.74. The quantitative estimate of drug-likeness (QED) is 0.595. The van der Waals surface area contributed by atoms with Crippen molar-refractivity contribution in [2.75, 3.05) is 62.2 Å². The number of sulfonamides is 1. The molecule has 2 aromatic carbocycles. The van der Waals surface area contributed by atoms with E-state index in [4.69, 9.17) is 4.74 Å². The lowest BCUT2D eigenvalue weighted by atomic mass is 9.94. The van der Waals surface area contributed by atoms with E-state index in [1.165, 1.54) is 21.3 Å². The number of piperidine rings is 1. The first-order valence-corrected chi connectivity index (χ1v) is 14.3. The van der Waals surface area contributed by atoms with E-state index in [-0.39, 0.29) is 41.7 Å². The molecule has 0 bridgehead atoms. The number of hydrogen-bond donors (Lipinski definition) is 0. The summed E-state index contributed by atoms with van der Waals surface area (Å²) < 4.78 is 34.0. The van der Waals surface area contributed by atoms with Gasteiger partial charge in [-0.3, -0.25) is 14.5 Å². The zero-order valence-corrected chi connectivity index (χ0v) is 22.2. The van der Waals surface area contributed by atoms with Crippen LogP contribution in [0.5, 0.6) is 5.75 Å². The van der Waals surface area contributed by atoms with Gasteiger partial charge in [-0.25, -0.2) is 8.42 Å². The van der Waals surface area contributed by atoms with E-state index in [1.807, 2.05) is 18.2 Å². The number of hydrogen-bond acceptors (Lipinski definition) is 6. The second-order valence-corrected chi connectivity index (χ2v) is 12.3. The number of fused-ring (bicyclic) bond motifs is 1. The van der Waals surface area contributed by atoms with Gasteiger partial charge in [-0.2, -0.15) is 4.31 Å². The molecule has 2 saturated heterocycles. The summed E-state index contributed by atoms with van der Waals surface area (Å²) in [6, 6.07) is 14.7. The first-order chi connectivity index (χ1) is 17.7. The number of carbonyl (C=O) groups is 2. The van der Waals surface area contributed by atoms with Gasteiger partial charge in [-0.1, -0.05) is 32.0 Å². The summed E-state index contributed by atoms with van der Waals surface area (Å²) in [5.41, 5.74) is 1.45. The van der Waals surface area contributed by atoms with Crippen molar-refractivity contribution in [3.05, 3.63) is 48.5 Å². The number of ether oxygens (including phenoxy) is 1. The Morgan fingerprint density at radius 2 is 1.65 bits per heavy atom. The highest BCUT2D eigenvalue weighted by molar-refractivity contribution is 7.89. The second-order valence-electron chi connectivity index (χ2n) is 10.4. The molecule has 0 radical (unpaired) electrons. The van der Waals surface area contributed by atoms with Crippen LogP contribution in [0.15, 0.2) is 53.4 Å². The lowest BCUT2D eigenvalue weighted by Crippen LogP contribution is -2.53. The first-order valence-electron chi connectivity index (χ1n) is 12.9. The van der Waals surface area contributed by atoms with Gasteiger partial charge >= 0.3 is 0 Å². The van der Waals surface area contributed by atoms with Gasteiger partial charge in [0.25, 0.3) is 5.91 Å². The fraction of sp³-hybridized carbons (Fsp3) is 0.481. The van der Waals surface area contributed by atoms with Crippen LogP contribution in [0.3, 0.4) is 0 Å². The van der Waals surface area contributed by atoms with Crippen LogP contribution in [0.2, 0.25) is 0 Å². The van der Waals surface area contributed by atoms with E-state index < -0.39 is 10.0 Å². The molecule has 2 amide bonds. The van der Waals surface area contributed by atoms with E-state index in [1.54, 1.807) is 11.0 Å². The Hall–Kier alpha value is -3.11. The number of piperazine rings is 1. The molecule has 3 heterocycles. The molecule has 3 aliphatic rings. The zero-order valence-electron chi connectivity index (χ0n) is 21.4. The van der Waals surface area contributed by atoms with Crippen molar-refractivity contribution in [1.82, 2.24) is 9.21 Å². The summed E-state index contributed by atoms with van der Waals surface area (Å²) >= 11 is 0. The van der Waals surface area contributed by atoms with Gasteiger partial charge in [-0.05, 0) is 48.6 Å². The minimum Gasteiger partial charge on any atom is -0.482 e. The van der Waals surface area contributed by atoms with Gasteiger partial charge in [-0.15, -0.1) is 0 Å². The third-order valence-corrected chi connectivity index (χ3v) is 9.22. The van der Waals surface area contributed by atoms with Gasteiger partial charge in [0, 0.05) is 45.0 Å². The number of carbonyl (C=O) groups excluding carboxylic acids is 2. The predicted octanol–water partition coefficient (Wildman–Crippen LogP) is 2.43. The topological polar surface area (TPSA) is 90.5 Å². The monoisotopic (exact) mass is 526 g/mol. The number of nitrogens with zero attached hydrogens (tertiary/aromatic N) is 4. The molecule has 198 valence electrons. The number of para-hydroxylation sites is 1. The molecule has 0 aromatic heterocycles. The van der Waals surface area contributed by atoms with Crippen LogP contribution >= 0.6 is 0 Å². The van der Waals surface area contributed by atoms with Gasteiger partial charge < -0.3 is 14.5 Å². The summed E-state index contributed by atoms with van der Waals surface area (Å²) in [4.78, 5) is 31.5. The molecule has 2 atom stereocenters. The number of anilines is 2. The Balaban J connectivity index is 1.31. The largest absolute Gasteiger partial charge is 0.482 e. The molecule has 0 spiro atoms. The molecule has 2 aromatic rings. The maximum absolute atomic E-state index is 13.5. The molecule has 9 nitrogen and oxygen atoms in total. The van der Waals surface area contributed by atoms with Gasteiger partial charge in [0.05, 0.1) is 10.6 Å². The standard InChI is InChI=1S/C27H34N4O5S/c1-20-14-21(2)17-30(16-20)37(34,35)23-8-9-25-24(15-23)31(27(33)19-36-25)18-26(32)29-12-10-28(11-13-29)22-6-4-3-5-7-22/h3-9,15,20-21H,10-14,16-19H2,1-2H3/t20-,21-/m0/s1. The number of benzene rings is 2. The van der Waals surface area contributed by atoms with Crippen LogP contribution in [0, 0.1) is 11.8 Å². The fourth-order valence-electron chi connectivity index (χ4n) is 5.55. The zero-order chi connectivity index (χ0) is 26.2. The maximum Gasteiger partial charge on any atom is 0.265 e. The van der Waals surface area contributed by atoms with Crippen LogP contribution in [-0.2, 0) is 19.6 Å². The summed E-state index contributed by atoms with van der Waals surface area (Å²) in [6.45, 7) is 7.24. The molecule has 0 N–H and O–H groups in total. The Kier molecular flexibility index (Phi) is 7.13. The lowest BCUT2D eigenvalue weighted by molar-refractivity contribution is -0.132. The third-order valence-electron chi connectivity index (χ3n) is 7.39. The van der Waals surface area contributed by atoms with Crippen molar-refractivity contribution in [3.63, 3.8) is 0 Å². The summed E-state index contributed by atoms with van der Waals surface area (Å²) in [5.74, 6) is 0.426. The van der Waals surface area contributed by atoms with Crippen LogP contribution in [-0.4, -0.2) is 81.9 Å². The smallest absolute Gasteiger partial charge is 0.265 e. The minimum absolute atomic E-state index is 0.111. The Bertz CT molecular complexity index is 1250. The molecular weight excluding hydrogens is 492 g/mol. The summed E-state index contributed by atoms with van der Waals surface area (Å²) in [7, 11) is -3.74. The second kappa shape index (κ2) is 10.3. The molecule has 0 saturated carbocycles. The number of rotatable bonds is 5. The third kappa shape index (κ3) is 5.31. The molecule has 10 heteroatoms. The molecule has 5 rings (SSSR count). The molecule has 2 fully saturated rings. The van der Waals surface area contributed by atoms with Crippen molar-refractivity contribution in [3.8, 4) is 5.75 Å². The average molecular weight is 527 g/mol. The van der Waals surface area contributed by atoms with Crippen LogP contribution in [0.4, 0.5) is 11.4 Å². The van der Waals surface area contributed by atoms with Crippen molar-refractivity contribution >= 4 is 33.2 Å². The van der Waals surface area contributed by atoms with E-state index in [0.29, 0.717) is 50.7 Å². The molecular formula is C27H34N4O5S.